The van der Waals surface area contributed by atoms with Crippen LogP contribution in [0.25, 0.3) is 0 Å². The Morgan fingerprint density at radius 2 is 1.91 bits per heavy atom. The summed E-state index contributed by atoms with van der Waals surface area (Å²) in [6, 6.07) is 9.72. The summed E-state index contributed by atoms with van der Waals surface area (Å²) in [7, 11) is 0. The Kier molecular flexibility index (Phi) is 6.73. The van der Waals surface area contributed by atoms with E-state index in [0.29, 0.717) is 24.5 Å². The lowest BCUT2D eigenvalue weighted by Crippen LogP contribution is -2.48. The van der Waals surface area contributed by atoms with Crippen molar-refractivity contribution < 1.29 is 27.5 Å². The molecule has 0 saturated carbocycles. The summed E-state index contributed by atoms with van der Waals surface area (Å²) in [5.74, 6) is -2.28. The highest BCUT2D eigenvalue weighted by atomic mass is 19.1. The van der Waals surface area contributed by atoms with Gasteiger partial charge in [0.05, 0.1) is 36.2 Å². The van der Waals surface area contributed by atoms with Gasteiger partial charge in [-0.25, -0.2) is 18.0 Å². The molecular formula is C24H24F3N5O3. The monoisotopic (exact) mass is 487 g/mol. The Hall–Kier alpha value is -3.94. The number of hydrogen-bond donors (Lipinski definition) is 2. The zero-order chi connectivity index (χ0) is 25.2. The molecule has 2 aromatic rings. The highest BCUT2D eigenvalue weighted by Gasteiger charge is 2.37. The van der Waals surface area contributed by atoms with Crippen LogP contribution in [0.4, 0.5) is 35.0 Å². The van der Waals surface area contributed by atoms with Crippen molar-refractivity contribution in [2.45, 2.75) is 31.4 Å². The fraction of sp³-hybridized carbons (Fsp3) is 0.375. The smallest absolute Gasteiger partial charge is 0.414 e. The summed E-state index contributed by atoms with van der Waals surface area (Å²) < 4.78 is 47.5. The van der Waals surface area contributed by atoms with E-state index in [4.69, 9.17) is 4.74 Å². The number of piperidine rings is 1. The minimum atomic E-state index is -1.08. The Morgan fingerprint density at radius 3 is 2.54 bits per heavy atom. The maximum absolute atomic E-state index is 15.0. The topological polar surface area (TPSA) is 97.7 Å². The molecule has 0 spiro atoms. The number of nitrogens with one attached hydrogen (secondary N) is 2. The molecule has 0 aliphatic carbocycles. The molecule has 1 atom stereocenters. The van der Waals surface area contributed by atoms with Crippen LogP contribution in [0.3, 0.4) is 0 Å². The van der Waals surface area contributed by atoms with Crippen molar-refractivity contribution in [3.63, 3.8) is 0 Å². The molecule has 2 saturated heterocycles. The number of nitriles is 1. The zero-order valence-electron chi connectivity index (χ0n) is 19.0. The third kappa shape index (κ3) is 5.26. The van der Waals surface area contributed by atoms with E-state index in [0.717, 1.165) is 12.1 Å². The van der Waals surface area contributed by atoms with Crippen molar-refractivity contribution in [1.82, 2.24) is 5.32 Å². The van der Waals surface area contributed by atoms with Crippen LogP contribution in [0, 0.1) is 28.8 Å². The summed E-state index contributed by atoms with van der Waals surface area (Å²) in [5.41, 5.74) is -0.395. The van der Waals surface area contributed by atoms with Gasteiger partial charge in [-0.15, -0.1) is 0 Å². The molecule has 2 heterocycles. The van der Waals surface area contributed by atoms with Gasteiger partial charge in [0.2, 0.25) is 5.91 Å². The van der Waals surface area contributed by atoms with Gasteiger partial charge in [0, 0.05) is 38.9 Å². The molecule has 2 aromatic carbocycles. The van der Waals surface area contributed by atoms with E-state index >= 15 is 4.39 Å². The first kappa shape index (κ1) is 24.2. The lowest BCUT2D eigenvalue weighted by Gasteiger charge is -2.39. The lowest BCUT2D eigenvalue weighted by atomic mass is 9.88. The maximum Gasteiger partial charge on any atom is 0.414 e. The Balaban J connectivity index is 1.41. The van der Waals surface area contributed by atoms with E-state index < -0.39 is 35.2 Å². The van der Waals surface area contributed by atoms with Crippen molar-refractivity contribution in [2.75, 3.05) is 41.3 Å². The number of ether oxygens (including phenoxy) is 1. The Morgan fingerprint density at radius 1 is 1.17 bits per heavy atom. The number of anilines is 3. The first-order valence-corrected chi connectivity index (χ1v) is 11.1. The Bertz CT molecular complexity index is 1180. The van der Waals surface area contributed by atoms with Crippen LogP contribution >= 0.6 is 0 Å². The molecule has 2 N–H and O–H groups in total. The second kappa shape index (κ2) is 9.74. The van der Waals surface area contributed by atoms with Crippen molar-refractivity contribution >= 4 is 29.1 Å². The molecule has 2 aliphatic heterocycles. The summed E-state index contributed by atoms with van der Waals surface area (Å²) >= 11 is 0. The van der Waals surface area contributed by atoms with Crippen LogP contribution in [0.15, 0.2) is 36.4 Å². The normalized spacial score (nSPS) is 19.2. The van der Waals surface area contributed by atoms with Crippen LogP contribution in [0.1, 0.15) is 19.8 Å². The minimum absolute atomic E-state index is 0.0336. The molecule has 0 radical (unpaired) electrons. The molecule has 184 valence electrons. The molecule has 0 aromatic heterocycles. The van der Waals surface area contributed by atoms with Gasteiger partial charge in [-0.05, 0) is 30.3 Å². The summed E-state index contributed by atoms with van der Waals surface area (Å²) in [4.78, 5) is 26.4. The van der Waals surface area contributed by atoms with Gasteiger partial charge in [-0.3, -0.25) is 9.69 Å². The van der Waals surface area contributed by atoms with E-state index in [9.17, 15) is 23.6 Å². The predicted molar refractivity (Wildman–Crippen MR) is 122 cm³/mol. The molecule has 0 bridgehead atoms. The van der Waals surface area contributed by atoms with E-state index in [1.807, 2.05) is 0 Å². The van der Waals surface area contributed by atoms with Crippen LogP contribution in [0.2, 0.25) is 0 Å². The maximum atomic E-state index is 15.0. The van der Waals surface area contributed by atoms with Crippen LogP contribution in [-0.2, 0) is 9.53 Å². The molecule has 2 fully saturated rings. The molecule has 0 unspecified atom stereocenters. The third-order valence-electron chi connectivity index (χ3n) is 6.17. The van der Waals surface area contributed by atoms with Crippen LogP contribution in [-0.4, -0.2) is 49.8 Å². The summed E-state index contributed by atoms with van der Waals surface area (Å²) in [6.07, 6.45) is -0.590. The van der Waals surface area contributed by atoms with Crippen LogP contribution in [0.5, 0.6) is 0 Å². The van der Waals surface area contributed by atoms with Crippen molar-refractivity contribution in [3.05, 3.63) is 53.8 Å². The largest absolute Gasteiger partial charge is 0.442 e. The highest BCUT2D eigenvalue weighted by molar-refractivity contribution is 5.90. The van der Waals surface area contributed by atoms with Gasteiger partial charge >= 0.3 is 6.09 Å². The molecule has 35 heavy (non-hydrogen) atoms. The Labute approximate surface area is 200 Å². The fourth-order valence-corrected chi connectivity index (χ4v) is 4.26. The van der Waals surface area contributed by atoms with Crippen molar-refractivity contribution in [2.24, 2.45) is 0 Å². The molecule has 11 heteroatoms. The first-order valence-electron chi connectivity index (χ1n) is 11.1. The first-order chi connectivity index (χ1) is 16.7. The number of carbonyl (C=O) groups excluding carboxylic acids is 2. The summed E-state index contributed by atoms with van der Waals surface area (Å²) in [5, 5.41) is 15.2. The van der Waals surface area contributed by atoms with Gasteiger partial charge in [0.25, 0.3) is 0 Å². The second-order valence-corrected chi connectivity index (χ2v) is 8.62. The number of benzene rings is 2. The van der Waals surface area contributed by atoms with Gasteiger partial charge in [0.1, 0.15) is 29.1 Å². The molecule has 2 amide bonds. The van der Waals surface area contributed by atoms with E-state index in [-0.39, 0.29) is 37.5 Å². The average molecular weight is 487 g/mol. The highest BCUT2D eigenvalue weighted by Crippen LogP contribution is 2.33. The quantitative estimate of drug-likeness (QED) is 0.647. The zero-order valence-corrected chi connectivity index (χ0v) is 19.0. The number of nitrogens with zero attached hydrogens (tertiary/aromatic N) is 3. The fourth-order valence-electron chi connectivity index (χ4n) is 4.26. The summed E-state index contributed by atoms with van der Waals surface area (Å²) in [6.45, 7) is 2.36. The van der Waals surface area contributed by atoms with Gasteiger partial charge in [-0.1, -0.05) is 0 Å². The van der Waals surface area contributed by atoms with E-state index in [2.05, 4.69) is 16.7 Å². The van der Waals surface area contributed by atoms with Crippen molar-refractivity contribution in [1.29, 1.82) is 5.26 Å². The van der Waals surface area contributed by atoms with Gasteiger partial charge in [0.15, 0.2) is 0 Å². The second-order valence-electron chi connectivity index (χ2n) is 8.62. The molecular weight excluding hydrogens is 463 g/mol. The molecule has 4 rings (SSSR count). The van der Waals surface area contributed by atoms with Crippen LogP contribution < -0.4 is 20.4 Å². The number of carbonyl (C=O) groups is 2. The predicted octanol–water partition coefficient (Wildman–Crippen LogP) is 3.54. The number of halogens is 3. The minimum Gasteiger partial charge on any atom is -0.442 e. The average Bonchev–Trinajstić information content (AvgIpc) is 3.20. The number of cyclic esters (lactones) is 1. The van der Waals surface area contributed by atoms with E-state index in [1.165, 1.54) is 24.0 Å². The third-order valence-corrected chi connectivity index (χ3v) is 6.17. The van der Waals surface area contributed by atoms with E-state index in [1.54, 1.807) is 17.0 Å². The van der Waals surface area contributed by atoms with Gasteiger partial charge < -0.3 is 20.3 Å². The molecule has 8 nitrogen and oxygen atoms in total. The van der Waals surface area contributed by atoms with Crippen molar-refractivity contribution in [3.8, 4) is 6.07 Å². The standard InChI is InChI=1S/C24H24F3N5O3/c1-15(33)29-12-18-13-32(23(34)35-18)17-3-5-22(20(27)11-17)31-8-6-24(14-28,7-9-31)30-21-4-2-16(25)10-19(21)26/h2-5,10-11,18,30H,6-9,12-13H2,1H3,(H,29,33)/t18-/m0/s1. The number of rotatable bonds is 6. The lowest BCUT2D eigenvalue weighted by molar-refractivity contribution is -0.119. The number of hydrogen-bond acceptors (Lipinski definition) is 6. The number of amides is 2. The molecule has 2 aliphatic rings. The van der Waals surface area contributed by atoms with Gasteiger partial charge in [-0.2, -0.15) is 5.26 Å². The SMILES string of the molecule is CC(=O)NC[C@H]1CN(c2ccc(N3CCC(C#N)(Nc4ccc(F)cc4F)CC3)c(F)c2)C(=O)O1.